The second-order valence-electron chi connectivity index (χ2n) is 3.94. The molecule has 0 aliphatic carbocycles. The zero-order valence-electron chi connectivity index (χ0n) is 10.4. The number of methoxy groups -OCH3 is 1. The molecule has 1 aromatic carbocycles. The number of Topliss-reactive ketones (excluding diaryl/α,β-unsaturated/α-hetero) is 2. The minimum Gasteiger partial charge on any atom is -0.497 e. The SMILES string of the molecule is CCCC(=O)CCC(=O)c1ccc(OC)cc1. The molecular weight excluding hydrogens is 216 g/mol. The molecule has 0 radical (unpaired) electrons. The fourth-order valence-electron chi connectivity index (χ4n) is 1.58. The Hall–Kier alpha value is -1.64. The van der Waals surface area contributed by atoms with Crippen LogP contribution >= 0.6 is 0 Å². The number of ketones is 2. The van der Waals surface area contributed by atoms with Crippen LogP contribution in [0.1, 0.15) is 43.0 Å². The van der Waals surface area contributed by atoms with Crippen LogP contribution in [0.4, 0.5) is 0 Å². The van der Waals surface area contributed by atoms with Gasteiger partial charge in [0.05, 0.1) is 7.11 Å². The van der Waals surface area contributed by atoms with Crippen molar-refractivity contribution in [2.75, 3.05) is 7.11 Å². The summed E-state index contributed by atoms with van der Waals surface area (Å²) in [5.41, 5.74) is 0.634. The predicted molar refractivity (Wildman–Crippen MR) is 66.5 cm³/mol. The minimum atomic E-state index is 0.0112. The van der Waals surface area contributed by atoms with E-state index in [4.69, 9.17) is 4.74 Å². The van der Waals surface area contributed by atoms with Crippen LogP contribution in [0.15, 0.2) is 24.3 Å². The van der Waals surface area contributed by atoms with Crippen molar-refractivity contribution in [2.24, 2.45) is 0 Å². The average Bonchev–Trinajstić information content (AvgIpc) is 2.36. The van der Waals surface area contributed by atoms with E-state index in [1.54, 1.807) is 31.4 Å². The van der Waals surface area contributed by atoms with E-state index in [0.29, 0.717) is 24.8 Å². The van der Waals surface area contributed by atoms with Crippen molar-refractivity contribution in [1.29, 1.82) is 0 Å². The van der Waals surface area contributed by atoms with Gasteiger partial charge in [-0.15, -0.1) is 0 Å². The van der Waals surface area contributed by atoms with Gasteiger partial charge in [0, 0.05) is 24.8 Å². The second kappa shape index (κ2) is 6.84. The number of rotatable bonds is 7. The van der Waals surface area contributed by atoms with E-state index in [2.05, 4.69) is 0 Å². The molecule has 3 heteroatoms. The van der Waals surface area contributed by atoms with Crippen LogP contribution in [0.2, 0.25) is 0 Å². The first kappa shape index (κ1) is 13.4. The number of hydrogen-bond acceptors (Lipinski definition) is 3. The Morgan fingerprint density at radius 1 is 1.06 bits per heavy atom. The second-order valence-corrected chi connectivity index (χ2v) is 3.94. The van der Waals surface area contributed by atoms with Crippen molar-refractivity contribution in [1.82, 2.24) is 0 Å². The van der Waals surface area contributed by atoms with Gasteiger partial charge in [-0.2, -0.15) is 0 Å². The lowest BCUT2D eigenvalue weighted by molar-refractivity contribution is -0.119. The van der Waals surface area contributed by atoms with E-state index in [9.17, 15) is 9.59 Å². The molecule has 92 valence electrons. The number of benzene rings is 1. The van der Waals surface area contributed by atoms with Gasteiger partial charge < -0.3 is 4.74 Å². The van der Waals surface area contributed by atoms with E-state index in [0.717, 1.165) is 12.2 Å². The normalized spacial score (nSPS) is 10.0. The molecule has 0 heterocycles. The lowest BCUT2D eigenvalue weighted by Gasteiger charge is -2.02. The van der Waals surface area contributed by atoms with Gasteiger partial charge in [-0.3, -0.25) is 9.59 Å². The first-order valence-electron chi connectivity index (χ1n) is 5.86. The lowest BCUT2D eigenvalue weighted by Crippen LogP contribution is -2.04. The molecule has 0 saturated carbocycles. The molecule has 0 bridgehead atoms. The van der Waals surface area contributed by atoms with Gasteiger partial charge in [0.2, 0.25) is 0 Å². The number of carbonyl (C=O) groups is 2. The molecule has 1 aromatic rings. The molecule has 0 unspecified atom stereocenters. The average molecular weight is 234 g/mol. The third-order valence-electron chi connectivity index (χ3n) is 2.57. The summed E-state index contributed by atoms with van der Waals surface area (Å²) in [5.74, 6) is 0.898. The van der Waals surface area contributed by atoms with E-state index in [1.165, 1.54) is 0 Å². The molecular formula is C14H18O3. The Bertz CT molecular complexity index is 379. The van der Waals surface area contributed by atoms with Crippen molar-refractivity contribution < 1.29 is 14.3 Å². The van der Waals surface area contributed by atoms with Crippen molar-refractivity contribution in [3.05, 3.63) is 29.8 Å². The molecule has 0 spiro atoms. The largest absolute Gasteiger partial charge is 0.497 e. The van der Waals surface area contributed by atoms with Gasteiger partial charge in [0.15, 0.2) is 5.78 Å². The zero-order chi connectivity index (χ0) is 12.7. The van der Waals surface area contributed by atoms with Crippen LogP contribution in [-0.4, -0.2) is 18.7 Å². The first-order valence-corrected chi connectivity index (χ1v) is 5.86. The number of carbonyl (C=O) groups excluding carboxylic acids is 2. The third kappa shape index (κ3) is 4.39. The summed E-state index contributed by atoms with van der Waals surface area (Å²) < 4.78 is 5.01. The zero-order valence-corrected chi connectivity index (χ0v) is 10.4. The molecule has 0 fully saturated rings. The van der Waals surface area contributed by atoms with Crippen molar-refractivity contribution in [2.45, 2.75) is 32.6 Å². The van der Waals surface area contributed by atoms with Crippen molar-refractivity contribution in [3.63, 3.8) is 0 Å². The Labute approximate surface area is 102 Å². The predicted octanol–water partition coefficient (Wildman–Crippen LogP) is 3.03. The minimum absolute atomic E-state index is 0.0112. The maximum atomic E-state index is 11.8. The van der Waals surface area contributed by atoms with Crippen molar-refractivity contribution >= 4 is 11.6 Å². The maximum absolute atomic E-state index is 11.8. The summed E-state index contributed by atoms with van der Waals surface area (Å²) in [6.45, 7) is 1.96. The van der Waals surface area contributed by atoms with E-state index >= 15 is 0 Å². The lowest BCUT2D eigenvalue weighted by atomic mass is 10.0. The van der Waals surface area contributed by atoms with Gasteiger partial charge in [0.25, 0.3) is 0 Å². The molecule has 0 aliphatic rings. The van der Waals surface area contributed by atoms with Gasteiger partial charge in [-0.1, -0.05) is 6.92 Å². The van der Waals surface area contributed by atoms with Crippen molar-refractivity contribution in [3.8, 4) is 5.75 Å². The van der Waals surface area contributed by atoms with Crippen LogP contribution in [0.5, 0.6) is 5.75 Å². The molecule has 1 rings (SSSR count). The van der Waals surface area contributed by atoms with E-state index < -0.39 is 0 Å². The van der Waals surface area contributed by atoms with E-state index in [1.807, 2.05) is 6.92 Å². The highest BCUT2D eigenvalue weighted by Crippen LogP contribution is 2.13. The fourth-order valence-corrected chi connectivity index (χ4v) is 1.58. The Morgan fingerprint density at radius 3 is 2.24 bits per heavy atom. The standard InChI is InChI=1S/C14H18O3/c1-3-4-12(15)7-10-14(16)11-5-8-13(17-2)9-6-11/h5-6,8-9H,3-4,7,10H2,1-2H3. The van der Waals surface area contributed by atoms with Crippen LogP contribution in [0.25, 0.3) is 0 Å². The molecule has 17 heavy (non-hydrogen) atoms. The maximum Gasteiger partial charge on any atom is 0.163 e. The highest BCUT2D eigenvalue weighted by molar-refractivity contribution is 5.98. The summed E-state index contributed by atoms with van der Waals surface area (Å²) in [6.07, 6.45) is 2.05. The van der Waals surface area contributed by atoms with Crippen LogP contribution < -0.4 is 4.74 Å². The molecule has 3 nitrogen and oxygen atoms in total. The van der Waals surface area contributed by atoms with Crippen LogP contribution in [0, 0.1) is 0 Å². The van der Waals surface area contributed by atoms with E-state index in [-0.39, 0.29) is 11.6 Å². The van der Waals surface area contributed by atoms with Gasteiger partial charge >= 0.3 is 0 Å². The third-order valence-corrected chi connectivity index (χ3v) is 2.57. The summed E-state index contributed by atoms with van der Waals surface area (Å²) in [7, 11) is 1.58. The Balaban J connectivity index is 2.49. The summed E-state index contributed by atoms with van der Waals surface area (Å²) in [6, 6.07) is 6.96. The molecule has 0 atom stereocenters. The first-order chi connectivity index (χ1) is 8.17. The molecule has 0 aliphatic heterocycles. The van der Waals surface area contributed by atoms with Gasteiger partial charge in [-0.05, 0) is 30.7 Å². The number of hydrogen-bond donors (Lipinski definition) is 0. The van der Waals surface area contributed by atoms with Gasteiger partial charge in [-0.25, -0.2) is 0 Å². The monoisotopic (exact) mass is 234 g/mol. The topological polar surface area (TPSA) is 43.4 Å². The van der Waals surface area contributed by atoms with Crippen LogP contribution in [0.3, 0.4) is 0 Å². The molecule has 0 saturated heterocycles. The fraction of sp³-hybridized carbons (Fsp3) is 0.429. The number of ether oxygens (including phenoxy) is 1. The van der Waals surface area contributed by atoms with Crippen LogP contribution in [-0.2, 0) is 4.79 Å². The smallest absolute Gasteiger partial charge is 0.163 e. The summed E-state index contributed by atoms with van der Waals surface area (Å²) in [4.78, 5) is 23.1. The quantitative estimate of drug-likeness (QED) is 0.681. The summed E-state index contributed by atoms with van der Waals surface area (Å²) >= 11 is 0. The van der Waals surface area contributed by atoms with Gasteiger partial charge in [0.1, 0.15) is 11.5 Å². The highest BCUT2D eigenvalue weighted by Gasteiger charge is 2.08. The Morgan fingerprint density at radius 2 is 1.71 bits per heavy atom. The Kier molecular flexibility index (Phi) is 5.40. The summed E-state index contributed by atoms with van der Waals surface area (Å²) in [5, 5.41) is 0. The highest BCUT2D eigenvalue weighted by atomic mass is 16.5. The molecule has 0 aromatic heterocycles. The molecule has 0 amide bonds. The molecule has 0 N–H and O–H groups in total.